The van der Waals surface area contributed by atoms with E-state index in [9.17, 15) is 14.4 Å². The van der Waals surface area contributed by atoms with Crippen molar-refractivity contribution in [3.05, 3.63) is 59.0 Å². The molecular formula is C21H21ClN4O4S. The Morgan fingerprint density at radius 3 is 2.74 bits per heavy atom. The van der Waals surface area contributed by atoms with Gasteiger partial charge in [-0.25, -0.2) is 9.80 Å². The minimum Gasteiger partial charge on any atom is -0.467 e. The first kappa shape index (κ1) is 21.5. The third kappa shape index (κ3) is 4.47. The van der Waals surface area contributed by atoms with Crippen molar-refractivity contribution in [2.24, 2.45) is 5.10 Å². The molecule has 3 heterocycles. The summed E-state index contributed by atoms with van der Waals surface area (Å²) in [4.78, 5) is 39.0. The molecule has 0 saturated carbocycles. The van der Waals surface area contributed by atoms with Gasteiger partial charge < -0.3 is 9.73 Å². The van der Waals surface area contributed by atoms with Crippen LogP contribution in [0.4, 0.5) is 4.79 Å². The number of furan rings is 1. The topological polar surface area (TPSA) is 95.2 Å². The van der Waals surface area contributed by atoms with Crippen molar-refractivity contribution in [1.29, 1.82) is 0 Å². The van der Waals surface area contributed by atoms with Gasteiger partial charge >= 0.3 is 6.03 Å². The molecule has 2 aliphatic rings. The van der Waals surface area contributed by atoms with Crippen LogP contribution in [0.1, 0.15) is 30.2 Å². The summed E-state index contributed by atoms with van der Waals surface area (Å²) in [6.07, 6.45) is 4.43. The zero-order chi connectivity index (χ0) is 22.0. The van der Waals surface area contributed by atoms with E-state index in [1.165, 1.54) is 11.3 Å². The molecule has 2 atom stereocenters. The summed E-state index contributed by atoms with van der Waals surface area (Å²) in [6.45, 7) is -0.380. The molecule has 1 aromatic heterocycles. The van der Waals surface area contributed by atoms with Crippen molar-refractivity contribution in [3.63, 3.8) is 0 Å². The van der Waals surface area contributed by atoms with Gasteiger partial charge in [-0.3, -0.25) is 14.5 Å². The number of hydrazone groups is 1. The van der Waals surface area contributed by atoms with E-state index in [2.05, 4.69) is 10.4 Å². The lowest BCUT2D eigenvalue weighted by Gasteiger charge is -2.22. The third-order valence-electron chi connectivity index (χ3n) is 5.23. The van der Waals surface area contributed by atoms with E-state index < -0.39 is 24.0 Å². The lowest BCUT2D eigenvalue weighted by atomic mass is 10.0. The number of thioether (sulfide) groups is 1. The molecule has 0 radical (unpaired) electrons. The Hall–Kier alpha value is -2.78. The first-order chi connectivity index (χ1) is 15.0. The van der Waals surface area contributed by atoms with Gasteiger partial charge in [0.05, 0.1) is 12.0 Å². The molecule has 162 valence electrons. The van der Waals surface area contributed by atoms with E-state index >= 15 is 0 Å². The Morgan fingerprint density at radius 2 is 2.06 bits per heavy atom. The van der Waals surface area contributed by atoms with Crippen LogP contribution in [0.3, 0.4) is 0 Å². The molecule has 4 amide bonds. The van der Waals surface area contributed by atoms with Gasteiger partial charge in [-0.15, -0.1) is 0 Å². The molecule has 0 bridgehead atoms. The molecule has 1 N–H and O–H groups in total. The second kappa shape index (κ2) is 9.15. The largest absolute Gasteiger partial charge is 0.467 e. The van der Waals surface area contributed by atoms with E-state index in [4.69, 9.17) is 16.0 Å². The minimum absolute atomic E-state index is 0.380. The Labute approximate surface area is 188 Å². The molecule has 1 saturated heterocycles. The van der Waals surface area contributed by atoms with E-state index in [0.717, 1.165) is 16.2 Å². The Kier molecular flexibility index (Phi) is 6.33. The van der Waals surface area contributed by atoms with Gasteiger partial charge in [0.1, 0.15) is 24.4 Å². The summed E-state index contributed by atoms with van der Waals surface area (Å²) in [7, 11) is 0. The zero-order valence-corrected chi connectivity index (χ0v) is 18.4. The molecule has 31 heavy (non-hydrogen) atoms. The predicted octanol–water partition coefficient (Wildman–Crippen LogP) is 3.28. The molecule has 0 unspecified atom stereocenters. The molecule has 1 aromatic carbocycles. The molecule has 1 fully saturated rings. The number of benzene rings is 1. The predicted molar refractivity (Wildman–Crippen MR) is 118 cm³/mol. The summed E-state index contributed by atoms with van der Waals surface area (Å²) in [5, 5.41) is 9.07. The second-order valence-electron chi connectivity index (χ2n) is 7.24. The second-order valence-corrected chi connectivity index (χ2v) is 8.66. The Bertz CT molecular complexity index is 1010. The molecule has 4 rings (SSSR count). The number of hydrogen-bond donors (Lipinski definition) is 1. The van der Waals surface area contributed by atoms with Crippen LogP contribution >= 0.6 is 23.4 Å². The first-order valence-electron chi connectivity index (χ1n) is 9.77. The van der Waals surface area contributed by atoms with Gasteiger partial charge in [-0.2, -0.15) is 16.9 Å². The molecule has 2 aliphatic heterocycles. The van der Waals surface area contributed by atoms with Crippen molar-refractivity contribution in [3.8, 4) is 0 Å². The van der Waals surface area contributed by atoms with Crippen LogP contribution in [-0.4, -0.2) is 58.1 Å². The summed E-state index contributed by atoms with van der Waals surface area (Å²) in [5.41, 5.74) is 1.53. The van der Waals surface area contributed by atoms with Crippen LogP contribution in [0.2, 0.25) is 5.02 Å². The molecule has 0 spiro atoms. The normalized spacial score (nSPS) is 20.9. The molecule has 2 aromatic rings. The molecule has 10 heteroatoms. The van der Waals surface area contributed by atoms with Gasteiger partial charge in [0.25, 0.3) is 11.8 Å². The molecule has 8 nitrogen and oxygen atoms in total. The highest BCUT2D eigenvalue weighted by molar-refractivity contribution is 7.98. The number of amides is 4. The summed E-state index contributed by atoms with van der Waals surface area (Å²) >= 11 is 7.57. The number of carbonyl (C=O) groups excluding carboxylic acids is 3. The number of hydrogen-bond acceptors (Lipinski definition) is 6. The molecule has 0 aliphatic carbocycles. The Morgan fingerprint density at radius 1 is 1.29 bits per heavy atom. The van der Waals surface area contributed by atoms with Crippen LogP contribution in [-0.2, 0) is 9.59 Å². The van der Waals surface area contributed by atoms with E-state index in [1.807, 2.05) is 18.4 Å². The number of halogens is 1. The minimum atomic E-state index is -0.597. The van der Waals surface area contributed by atoms with Gasteiger partial charge in [-0.05, 0) is 48.3 Å². The van der Waals surface area contributed by atoms with Crippen LogP contribution < -0.4 is 5.32 Å². The number of carbonyl (C=O) groups is 3. The fraction of sp³-hybridized carbons (Fsp3) is 0.333. The highest BCUT2D eigenvalue weighted by Crippen LogP contribution is 2.33. The quantitative estimate of drug-likeness (QED) is 0.640. The number of urea groups is 1. The Balaban J connectivity index is 1.54. The fourth-order valence-electron chi connectivity index (χ4n) is 3.63. The third-order valence-corrected chi connectivity index (χ3v) is 6.12. The summed E-state index contributed by atoms with van der Waals surface area (Å²) in [5.74, 6) is 0.471. The maximum absolute atomic E-state index is 13.1. The number of rotatable bonds is 7. The number of imide groups is 1. The van der Waals surface area contributed by atoms with Crippen LogP contribution in [0.25, 0.3) is 0 Å². The maximum atomic E-state index is 13.1. The zero-order valence-electron chi connectivity index (χ0n) is 16.8. The smallest absolute Gasteiger partial charge is 0.325 e. The van der Waals surface area contributed by atoms with Crippen molar-refractivity contribution >= 4 is 46.9 Å². The van der Waals surface area contributed by atoms with Crippen molar-refractivity contribution < 1.29 is 18.8 Å². The van der Waals surface area contributed by atoms with E-state index in [0.29, 0.717) is 29.3 Å². The van der Waals surface area contributed by atoms with Gasteiger partial charge in [0, 0.05) is 11.4 Å². The molecular weight excluding hydrogens is 440 g/mol. The van der Waals surface area contributed by atoms with E-state index in [-0.39, 0.29) is 12.5 Å². The average Bonchev–Trinajstić information content (AvgIpc) is 3.49. The highest BCUT2D eigenvalue weighted by Gasteiger charge is 2.41. The maximum Gasteiger partial charge on any atom is 0.325 e. The number of nitrogens with zero attached hydrogens (tertiary/aromatic N) is 3. The summed E-state index contributed by atoms with van der Waals surface area (Å²) in [6, 6.07) is 9.09. The van der Waals surface area contributed by atoms with Gasteiger partial charge in [0.15, 0.2) is 0 Å². The monoisotopic (exact) mass is 460 g/mol. The van der Waals surface area contributed by atoms with Crippen molar-refractivity contribution in [2.75, 3.05) is 18.6 Å². The number of nitrogens with one attached hydrogen (secondary N) is 1. The van der Waals surface area contributed by atoms with Crippen LogP contribution in [0.5, 0.6) is 0 Å². The van der Waals surface area contributed by atoms with Crippen LogP contribution in [0, 0.1) is 0 Å². The SMILES string of the molecule is CSCC[C@H]1NC(=O)N(CC(=O)N2N=C(c3ccc(Cl)cc3)C[C@@H]2c2ccco2)C1=O. The summed E-state index contributed by atoms with van der Waals surface area (Å²) < 4.78 is 5.52. The standard InChI is InChI=1S/C21H21ClN4O4S/c1-31-10-8-15-20(28)25(21(29)23-15)12-19(27)26-17(18-3-2-9-30-18)11-16(24-26)13-4-6-14(22)7-5-13/h2-7,9,15,17H,8,10-12H2,1H3,(H,23,29)/t15-,17-/m1/s1. The average molecular weight is 461 g/mol. The van der Waals surface area contributed by atoms with Crippen molar-refractivity contribution in [2.45, 2.75) is 24.9 Å². The van der Waals surface area contributed by atoms with Gasteiger partial charge in [0.2, 0.25) is 0 Å². The van der Waals surface area contributed by atoms with Gasteiger partial charge in [-0.1, -0.05) is 23.7 Å². The van der Waals surface area contributed by atoms with Crippen LogP contribution in [0.15, 0.2) is 52.2 Å². The first-order valence-corrected chi connectivity index (χ1v) is 11.5. The highest BCUT2D eigenvalue weighted by atomic mass is 35.5. The fourth-order valence-corrected chi connectivity index (χ4v) is 4.22. The van der Waals surface area contributed by atoms with E-state index in [1.54, 1.807) is 36.0 Å². The lowest BCUT2D eigenvalue weighted by Crippen LogP contribution is -2.41. The van der Waals surface area contributed by atoms with Crippen molar-refractivity contribution in [1.82, 2.24) is 15.2 Å². The lowest BCUT2D eigenvalue weighted by molar-refractivity contribution is -0.138.